The van der Waals surface area contributed by atoms with Gasteiger partial charge in [-0.3, -0.25) is 0 Å². The molecule has 3 heteroatoms. The molecule has 3 nitrogen and oxygen atoms in total. The monoisotopic (exact) mass is 266 g/mol. The van der Waals surface area contributed by atoms with E-state index in [0.29, 0.717) is 5.75 Å². The summed E-state index contributed by atoms with van der Waals surface area (Å²) in [5.41, 5.74) is 1.90. The van der Waals surface area contributed by atoms with Gasteiger partial charge in [0.15, 0.2) is 0 Å². The van der Waals surface area contributed by atoms with Crippen LogP contribution >= 0.6 is 0 Å². The highest BCUT2D eigenvalue weighted by Gasteiger charge is 2.09. The lowest BCUT2D eigenvalue weighted by molar-refractivity contribution is -0.136. The van der Waals surface area contributed by atoms with E-state index in [4.69, 9.17) is 9.47 Å². The molecule has 0 saturated heterocycles. The summed E-state index contributed by atoms with van der Waals surface area (Å²) in [5.74, 6) is -0.119. The fourth-order valence-electron chi connectivity index (χ4n) is 1.71. The van der Waals surface area contributed by atoms with E-state index in [2.05, 4.69) is 13.2 Å². The maximum Gasteiger partial charge on any atom is 0.337 e. The second-order valence-corrected chi connectivity index (χ2v) is 3.96. The van der Waals surface area contributed by atoms with Gasteiger partial charge in [-0.15, -0.1) is 0 Å². The van der Waals surface area contributed by atoms with Crippen LogP contribution in [0.1, 0.15) is 0 Å². The minimum atomic E-state index is -0.604. The van der Waals surface area contributed by atoms with Gasteiger partial charge in [0.05, 0.1) is 0 Å². The lowest BCUT2D eigenvalue weighted by atomic mass is 10.1. The van der Waals surface area contributed by atoms with E-state index in [0.717, 1.165) is 17.2 Å². The highest BCUT2D eigenvalue weighted by molar-refractivity contribution is 5.82. The molecular weight excluding hydrogens is 252 g/mol. The Morgan fingerprint density at radius 3 is 2.35 bits per heavy atom. The van der Waals surface area contributed by atoms with Crippen molar-refractivity contribution in [3.8, 4) is 16.9 Å². The zero-order chi connectivity index (χ0) is 14.4. The summed E-state index contributed by atoms with van der Waals surface area (Å²) in [6.07, 6.45) is 1.05. The fourth-order valence-corrected chi connectivity index (χ4v) is 1.71. The van der Waals surface area contributed by atoms with Gasteiger partial charge in [0.2, 0.25) is 0 Å². The van der Waals surface area contributed by atoms with Crippen molar-refractivity contribution in [2.24, 2.45) is 0 Å². The Morgan fingerprint density at radius 2 is 1.65 bits per heavy atom. The lowest BCUT2D eigenvalue weighted by Gasteiger charge is -2.12. The van der Waals surface area contributed by atoms with Crippen LogP contribution in [0.2, 0.25) is 0 Å². The van der Waals surface area contributed by atoms with Crippen molar-refractivity contribution in [1.82, 2.24) is 0 Å². The van der Waals surface area contributed by atoms with E-state index in [1.165, 1.54) is 0 Å². The van der Waals surface area contributed by atoms with Gasteiger partial charge in [0.25, 0.3) is 5.95 Å². The molecule has 0 amide bonds. The number of benzene rings is 2. The van der Waals surface area contributed by atoms with E-state index >= 15 is 0 Å². The van der Waals surface area contributed by atoms with Gasteiger partial charge in [-0.1, -0.05) is 55.1 Å². The Hall–Kier alpha value is -2.81. The quantitative estimate of drug-likeness (QED) is 0.467. The van der Waals surface area contributed by atoms with Gasteiger partial charge in [0.1, 0.15) is 5.75 Å². The van der Waals surface area contributed by atoms with E-state index in [9.17, 15) is 4.79 Å². The van der Waals surface area contributed by atoms with Crippen molar-refractivity contribution >= 4 is 5.97 Å². The topological polar surface area (TPSA) is 35.5 Å². The minimum Gasteiger partial charge on any atom is -0.426 e. The van der Waals surface area contributed by atoms with Gasteiger partial charge in [0, 0.05) is 11.6 Å². The lowest BCUT2D eigenvalue weighted by Crippen LogP contribution is -2.05. The molecule has 20 heavy (non-hydrogen) atoms. The SMILES string of the molecule is C=CC(=O)OC(=C)Oc1ccccc1-c1ccccc1. The number of esters is 1. The summed E-state index contributed by atoms with van der Waals surface area (Å²) in [7, 11) is 0. The third-order valence-electron chi connectivity index (χ3n) is 2.58. The summed E-state index contributed by atoms with van der Waals surface area (Å²) < 4.78 is 10.3. The van der Waals surface area contributed by atoms with Gasteiger partial charge < -0.3 is 9.47 Å². The third-order valence-corrected chi connectivity index (χ3v) is 2.58. The van der Waals surface area contributed by atoms with Crippen LogP contribution in [-0.4, -0.2) is 5.97 Å². The number of carbonyl (C=O) groups is 1. The van der Waals surface area contributed by atoms with Crippen molar-refractivity contribution in [2.45, 2.75) is 0 Å². The van der Waals surface area contributed by atoms with Crippen molar-refractivity contribution in [3.63, 3.8) is 0 Å². The van der Waals surface area contributed by atoms with E-state index in [-0.39, 0.29) is 5.95 Å². The first-order valence-electron chi connectivity index (χ1n) is 6.06. The molecule has 0 aliphatic rings. The average molecular weight is 266 g/mol. The van der Waals surface area contributed by atoms with Crippen LogP contribution in [0.25, 0.3) is 11.1 Å². The van der Waals surface area contributed by atoms with Gasteiger partial charge in [-0.05, 0) is 18.2 Å². The summed E-state index contributed by atoms with van der Waals surface area (Å²) >= 11 is 0. The Labute approximate surface area is 117 Å². The van der Waals surface area contributed by atoms with E-state index in [1.807, 2.05) is 48.5 Å². The van der Waals surface area contributed by atoms with Crippen molar-refractivity contribution in [3.05, 3.63) is 79.8 Å². The molecule has 0 atom stereocenters. The van der Waals surface area contributed by atoms with Crippen LogP contribution in [0.4, 0.5) is 0 Å². The molecule has 0 aromatic heterocycles. The van der Waals surface area contributed by atoms with Crippen molar-refractivity contribution in [2.75, 3.05) is 0 Å². The molecule has 0 bridgehead atoms. The molecule has 100 valence electrons. The largest absolute Gasteiger partial charge is 0.426 e. The first-order chi connectivity index (χ1) is 9.70. The minimum absolute atomic E-state index is 0.0849. The number of para-hydroxylation sites is 1. The normalized spacial score (nSPS) is 9.60. The number of ether oxygens (including phenoxy) is 2. The smallest absolute Gasteiger partial charge is 0.337 e. The fraction of sp³-hybridized carbons (Fsp3) is 0. The zero-order valence-electron chi connectivity index (χ0n) is 10.9. The molecule has 0 aliphatic carbocycles. The van der Waals surface area contributed by atoms with Crippen molar-refractivity contribution < 1.29 is 14.3 Å². The summed E-state index contributed by atoms with van der Waals surface area (Å²) in [6, 6.07) is 17.2. The first kappa shape index (κ1) is 13.6. The molecular formula is C17H14O3. The molecule has 0 fully saturated rings. The molecule has 0 aliphatic heterocycles. The van der Waals surface area contributed by atoms with E-state index < -0.39 is 5.97 Å². The Kier molecular flexibility index (Phi) is 4.35. The highest BCUT2D eigenvalue weighted by Crippen LogP contribution is 2.30. The maximum atomic E-state index is 11.1. The summed E-state index contributed by atoms with van der Waals surface area (Å²) in [6.45, 7) is 6.87. The average Bonchev–Trinajstić information content (AvgIpc) is 2.48. The Balaban J connectivity index is 2.23. The number of hydrogen-bond donors (Lipinski definition) is 0. The Morgan fingerprint density at radius 1 is 1.00 bits per heavy atom. The number of carbonyl (C=O) groups excluding carboxylic acids is 1. The first-order valence-corrected chi connectivity index (χ1v) is 6.06. The molecule has 2 aromatic rings. The van der Waals surface area contributed by atoms with Crippen LogP contribution in [0.3, 0.4) is 0 Å². The molecule has 2 rings (SSSR count). The highest BCUT2D eigenvalue weighted by atomic mass is 16.7. The van der Waals surface area contributed by atoms with Crippen LogP contribution < -0.4 is 4.74 Å². The molecule has 0 unspecified atom stereocenters. The summed E-state index contributed by atoms with van der Waals surface area (Å²) in [4.78, 5) is 11.1. The third kappa shape index (κ3) is 3.36. The van der Waals surface area contributed by atoms with Gasteiger partial charge in [-0.2, -0.15) is 0 Å². The molecule has 0 saturated carbocycles. The van der Waals surface area contributed by atoms with Gasteiger partial charge >= 0.3 is 5.97 Å². The predicted octanol–water partition coefficient (Wildman–Crippen LogP) is 3.93. The Bertz CT molecular complexity index is 630. The van der Waals surface area contributed by atoms with Crippen molar-refractivity contribution in [1.29, 1.82) is 0 Å². The van der Waals surface area contributed by atoms with Crippen LogP contribution in [0.5, 0.6) is 5.75 Å². The number of rotatable bonds is 5. The molecule has 0 spiro atoms. The van der Waals surface area contributed by atoms with E-state index in [1.54, 1.807) is 6.07 Å². The second-order valence-electron chi connectivity index (χ2n) is 3.96. The summed E-state index contributed by atoms with van der Waals surface area (Å²) in [5, 5.41) is 0. The maximum absolute atomic E-state index is 11.1. The molecule has 2 aromatic carbocycles. The molecule has 0 N–H and O–H groups in total. The van der Waals surface area contributed by atoms with Crippen LogP contribution in [-0.2, 0) is 9.53 Å². The molecule has 0 radical (unpaired) electrons. The van der Waals surface area contributed by atoms with Crippen LogP contribution in [0.15, 0.2) is 79.8 Å². The predicted molar refractivity (Wildman–Crippen MR) is 77.9 cm³/mol. The standard InChI is InChI=1S/C17H14O3/c1-3-17(18)20-13(2)19-16-12-8-7-11-15(16)14-9-5-4-6-10-14/h3-12H,1-2H2. The van der Waals surface area contributed by atoms with Gasteiger partial charge in [-0.25, -0.2) is 4.79 Å². The number of hydrogen-bond acceptors (Lipinski definition) is 3. The second kappa shape index (κ2) is 6.38. The molecule has 0 heterocycles. The zero-order valence-corrected chi connectivity index (χ0v) is 10.9. The van der Waals surface area contributed by atoms with Crippen LogP contribution in [0, 0.1) is 0 Å².